The van der Waals surface area contributed by atoms with Crippen LogP contribution in [-0.2, 0) is 4.79 Å². The molecule has 0 unspecified atom stereocenters. The Morgan fingerprint density at radius 2 is 2.10 bits per heavy atom. The lowest BCUT2D eigenvalue weighted by molar-refractivity contribution is -0.132. The number of carbonyl (C=O) groups excluding carboxylic acids is 2. The van der Waals surface area contributed by atoms with E-state index in [2.05, 4.69) is 10.3 Å². The molecule has 0 saturated carbocycles. The van der Waals surface area contributed by atoms with Gasteiger partial charge < -0.3 is 20.1 Å². The van der Waals surface area contributed by atoms with Crippen LogP contribution in [0.2, 0.25) is 0 Å². The minimum Gasteiger partial charge on any atom is -0.367 e. The van der Waals surface area contributed by atoms with E-state index in [4.69, 9.17) is 0 Å². The zero-order valence-corrected chi connectivity index (χ0v) is 12.1. The predicted molar refractivity (Wildman–Crippen MR) is 76.4 cm³/mol. The second kappa shape index (κ2) is 6.56. The average Bonchev–Trinajstić information content (AvgIpc) is 2.92. The summed E-state index contributed by atoms with van der Waals surface area (Å²) < 4.78 is 0. The van der Waals surface area contributed by atoms with Crippen molar-refractivity contribution < 1.29 is 9.59 Å². The summed E-state index contributed by atoms with van der Waals surface area (Å²) in [7, 11) is 3.78. The van der Waals surface area contributed by atoms with E-state index in [1.54, 1.807) is 18.5 Å². The summed E-state index contributed by atoms with van der Waals surface area (Å²) in [5.74, 6) is 0.106. The molecule has 1 fully saturated rings. The third-order valence-corrected chi connectivity index (χ3v) is 3.49. The molecule has 110 valence electrons. The summed E-state index contributed by atoms with van der Waals surface area (Å²) in [4.78, 5) is 30.5. The molecule has 2 amide bonds. The molecule has 20 heavy (non-hydrogen) atoms. The molecule has 1 saturated heterocycles. The van der Waals surface area contributed by atoms with Gasteiger partial charge in [0.1, 0.15) is 0 Å². The fraction of sp³-hybridized carbons (Fsp3) is 0.571. The molecule has 0 aromatic carbocycles. The molecule has 0 spiro atoms. The van der Waals surface area contributed by atoms with Crippen LogP contribution in [0.25, 0.3) is 0 Å². The van der Waals surface area contributed by atoms with Crippen molar-refractivity contribution in [2.75, 3.05) is 33.7 Å². The highest BCUT2D eigenvalue weighted by Gasteiger charge is 2.24. The number of likely N-dealkylation sites (N-methyl/N-ethyl adjacent to an activating group) is 1. The molecule has 0 bridgehead atoms. The van der Waals surface area contributed by atoms with Gasteiger partial charge >= 0.3 is 0 Å². The van der Waals surface area contributed by atoms with Crippen LogP contribution in [0.15, 0.2) is 18.5 Å². The average molecular weight is 278 g/mol. The molecule has 1 aromatic rings. The zero-order valence-electron chi connectivity index (χ0n) is 12.1. The topological polar surface area (TPSA) is 68.4 Å². The number of hydrogen-bond acceptors (Lipinski definition) is 3. The summed E-state index contributed by atoms with van der Waals surface area (Å²) in [6.45, 7) is 1.87. The Bertz CT molecular complexity index is 448. The second-order valence-corrected chi connectivity index (χ2v) is 5.47. The number of piperidine rings is 1. The number of likely N-dealkylation sites (tertiary alicyclic amines) is 1. The van der Waals surface area contributed by atoms with Gasteiger partial charge in [-0.05, 0) is 33.0 Å². The lowest BCUT2D eigenvalue weighted by Crippen LogP contribution is -2.48. The van der Waals surface area contributed by atoms with Gasteiger partial charge in [-0.15, -0.1) is 0 Å². The Balaban J connectivity index is 1.77. The molecule has 1 aromatic heterocycles. The molecule has 2 heterocycles. The number of amides is 2. The quantitative estimate of drug-likeness (QED) is 0.832. The molecule has 0 aliphatic carbocycles. The first kappa shape index (κ1) is 14.6. The van der Waals surface area contributed by atoms with Gasteiger partial charge in [0.05, 0.1) is 12.1 Å². The Morgan fingerprint density at radius 1 is 1.40 bits per heavy atom. The predicted octanol–water partition coefficient (Wildman–Crippen LogP) is 0.297. The van der Waals surface area contributed by atoms with Crippen LogP contribution in [0.4, 0.5) is 0 Å². The summed E-state index contributed by atoms with van der Waals surface area (Å²) in [5.41, 5.74) is 0.649. The van der Waals surface area contributed by atoms with E-state index in [0.717, 1.165) is 12.8 Å². The molecule has 1 aliphatic rings. The largest absolute Gasteiger partial charge is 0.367 e. The van der Waals surface area contributed by atoms with Crippen molar-refractivity contribution in [2.45, 2.75) is 18.9 Å². The van der Waals surface area contributed by atoms with Crippen molar-refractivity contribution in [1.82, 2.24) is 20.1 Å². The minimum atomic E-state index is -0.0516. The van der Waals surface area contributed by atoms with E-state index in [9.17, 15) is 9.59 Å². The first-order chi connectivity index (χ1) is 9.56. The summed E-state index contributed by atoms with van der Waals surface area (Å²) in [5, 5.41) is 3.01. The van der Waals surface area contributed by atoms with Crippen LogP contribution in [0.3, 0.4) is 0 Å². The lowest BCUT2D eigenvalue weighted by Gasteiger charge is -2.33. The molecular formula is C14H22N4O2. The van der Waals surface area contributed by atoms with Crippen LogP contribution >= 0.6 is 0 Å². The standard InChI is InChI=1S/C14H22N4O2/c1-17(2)10-13(19)18-7-4-12(5-8-18)16-14(20)11-3-6-15-9-11/h3,6,9,12,15H,4-5,7-8,10H2,1-2H3,(H,16,20). The number of hydrogen-bond donors (Lipinski definition) is 2. The second-order valence-electron chi connectivity index (χ2n) is 5.47. The van der Waals surface area contributed by atoms with E-state index in [1.807, 2.05) is 23.9 Å². The monoisotopic (exact) mass is 278 g/mol. The molecule has 2 rings (SSSR count). The van der Waals surface area contributed by atoms with Gasteiger partial charge in [-0.3, -0.25) is 9.59 Å². The number of aromatic amines is 1. The number of carbonyl (C=O) groups is 2. The van der Waals surface area contributed by atoms with Crippen molar-refractivity contribution in [3.63, 3.8) is 0 Å². The van der Waals surface area contributed by atoms with Crippen molar-refractivity contribution in [3.8, 4) is 0 Å². The maximum Gasteiger partial charge on any atom is 0.253 e. The van der Waals surface area contributed by atoms with Crippen LogP contribution in [0, 0.1) is 0 Å². The maximum atomic E-state index is 11.9. The molecule has 0 atom stereocenters. The smallest absolute Gasteiger partial charge is 0.253 e. The summed E-state index contributed by atoms with van der Waals surface area (Å²) in [6, 6.07) is 1.91. The van der Waals surface area contributed by atoms with E-state index >= 15 is 0 Å². The highest BCUT2D eigenvalue weighted by molar-refractivity contribution is 5.94. The van der Waals surface area contributed by atoms with Crippen molar-refractivity contribution in [2.24, 2.45) is 0 Å². The van der Waals surface area contributed by atoms with Gasteiger partial charge in [-0.25, -0.2) is 0 Å². The lowest BCUT2D eigenvalue weighted by atomic mass is 10.0. The first-order valence-corrected chi connectivity index (χ1v) is 6.92. The highest BCUT2D eigenvalue weighted by Crippen LogP contribution is 2.11. The van der Waals surface area contributed by atoms with Crippen LogP contribution in [-0.4, -0.2) is 66.4 Å². The Morgan fingerprint density at radius 3 is 2.65 bits per heavy atom. The highest BCUT2D eigenvalue weighted by atomic mass is 16.2. The zero-order chi connectivity index (χ0) is 14.5. The third-order valence-electron chi connectivity index (χ3n) is 3.49. The van der Waals surface area contributed by atoms with Gasteiger partial charge in [-0.1, -0.05) is 0 Å². The Kier molecular flexibility index (Phi) is 4.79. The first-order valence-electron chi connectivity index (χ1n) is 6.92. The number of nitrogens with one attached hydrogen (secondary N) is 2. The molecular weight excluding hydrogens is 256 g/mol. The van der Waals surface area contributed by atoms with Gasteiger partial charge in [0.2, 0.25) is 5.91 Å². The van der Waals surface area contributed by atoms with Crippen LogP contribution < -0.4 is 5.32 Å². The Labute approximate surface area is 119 Å². The third kappa shape index (κ3) is 3.84. The number of rotatable bonds is 4. The molecule has 6 heteroatoms. The van der Waals surface area contributed by atoms with E-state index in [-0.39, 0.29) is 17.9 Å². The fourth-order valence-electron chi connectivity index (χ4n) is 2.38. The molecule has 1 aliphatic heterocycles. The van der Waals surface area contributed by atoms with E-state index in [1.165, 1.54) is 0 Å². The van der Waals surface area contributed by atoms with Gasteiger partial charge in [0.25, 0.3) is 5.91 Å². The number of H-pyrrole nitrogens is 1. The minimum absolute atomic E-state index is 0.0516. The van der Waals surface area contributed by atoms with Crippen LogP contribution in [0.1, 0.15) is 23.2 Å². The van der Waals surface area contributed by atoms with Gasteiger partial charge in [0, 0.05) is 31.5 Å². The molecule has 6 nitrogen and oxygen atoms in total. The number of nitrogens with zero attached hydrogens (tertiary/aromatic N) is 2. The van der Waals surface area contributed by atoms with Crippen LogP contribution in [0.5, 0.6) is 0 Å². The van der Waals surface area contributed by atoms with Gasteiger partial charge in [0.15, 0.2) is 0 Å². The fourth-order valence-corrected chi connectivity index (χ4v) is 2.38. The number of aromatic nitrogens is 1. The molecule has 2 N–H and O–H groups in total. The van der Waals surface area contributed by atoms with E-state index in [0.29, 0.717) is 25.2 Å². The summed E-state index contributed by atoms with van der Waals surface area (Å²) in [6.07, 6.45) is 5.05. The van der Waals surface area contributed by atoms with E-state index < -0.39 is 0 Å². The molecule has 0 radical (unpaired) electrons. The Hall–Kier alpha value is -1.82. The van der Waals surface area contributed by atoms with Gasteiger partial charge in [-0.2, -0.15) is 0 Å². The van der Waals surface area contributed by atoms with Crippen molar-refractivity contribution in [1.29, 1.82) is 0 Å². The SMILES string of the molecule is CN(C)CC(=O)N1CCC(NC(=O)c2cc[nH]c2)CC1. The summed E-state index contributed by atoms with van der Waals surface area (Å²) >= 11 is 0. The normalized spacial score (nSPS) is 16.4. The van der Waals surface area contributed by atoms with Crippen molar-refractivity contribution >= 4 is 11.8 Å². The van der Waals surface area contributed by atoms with Crippen molar-refractivity contribution in [3.05, 3.63) is 24.0 Å². The maximum absolute atomic E-state index is 11.9.